The predicted molar refractivity (Wildman–Crippen MR) is 71.8 cm³/mol. The molecule has 2 rings (SSSR count). The number of carbonyl (C=O) groups excluding carboxylic acids is 2. The second kappa shape index (κ2) is 6.42. The lowest BCUT2D eigenvalue weighted by Gasteiger charge is -2.23. The van der Waals surface area contributed by atoms with Crippen LogP contribution in [0.4, 0.5) is 5.95 Å². The molecule has 7 nitrogen and oxygen atoms in total. The van der Waals surface area contributed by atoms with E-state index in [4.69, 9.17) is 4.74 Å². The molecule has 0 radical (unpaired) electrons. The number of amides is 2. The molecule has 1 aromatic heterocycles. The summed E-state index contributed by atoms with van der Waals surface area (Å²) in [6.07, 6.45) is 3.32. The topological polar surface area (TPSA) is 84.4 Å². The first-order valence-corrected chi connectivity index (χ1v) is 6.48. The molecule has 2 heterocycles. The molecule has 2 amide bonds. The fourth-order valence-corrected chi connectivity index (χ4v) is 2.24. The Hall–Kier alpha value is -2.02. The maximum Gasteiger partial charge on any atom is 0.232 e. The van der Waals surface area contributed by atoms with E-state index < -0.39 is 0 Å². The summed E-state index contributed by atoms with van der Waals surface area (Å²) >= 11 is 0. The van der Waals surface area contributed by atoms with Gasteiger partial charge in [-0.1, -0.05) is 0 Å². The normalized spacial score (nSPS) is 20.0. The quantitative estimate of drug-likeness (QED) is 0.837. The number of ether oxygens (including phenoxy) is 1. The number of nitrogens with zero attached hydrogens (tertiary/aromatic N) is 3. The number of likely N-dealkylation sites (tertiary alicyclic amines) is 1. The average molecular weight is 278 g/mol. The van der Waals surface area contributed by atoms with E-state index in [9.17, 15) is 9.59 Å². The van der Waals surface area contributed by atoms with Gasteiger partial charge in [-0.3, -0.25) is 14.9 Å². The van der Waals surface area contributed by atoms with Gasteiger partial charge in [0.25, 0.3) is 0 Å². The first-order chi connectivity index (χ1) is 9.61. The van der Waals surface area contributed by atoms with Crippen molar-refractivity contribution in [2.24, 2.45) is 5.92 Å². The highest BCUT2D eigenvalue weighted by atomic mass is 16.5. The molecule has 2 atom stereocenters. The van der Waals surface area contributed by atoms with E-state index in [2.05, 4.69) is 15.3 Å². The molecule has 1 aromatic rings. The number of rotatable bonds is 5. The molecule has 1 aliphatic heterocycles. The molecule has 1 fully saturated rings. The van der Waals surface area contributed by atoms with E-state index in [0.717, 1.165) is 0 Å². The molecule has 7 heteroatoms. The highest BCUT2D eigenvalue weighted by Gasteiger charge is 2.36. The average Bonchev–Trinajstić information content (AvgIpc) is 2.82. The van der Waals surface area contributed by atoms with Crippen molar-refractivity contribution in [3.05, 3.63) is 18.5 Å². The molecule has 1 N–H and O–H groups in total. The Balaban J connectivity index is 1.94. The lowest BCUT2D eigenvalue weighted by atomic mass is 10.1. The summed E-state index contributed by atoms with van der Waals surface area (Å²) in [4.78, 5) is 33.5. The van der Waals surface area contributed by atoms with Crippen molar-refractivity contribution in [1.29, 1.82) is 0 Å². The van der Waals surface area contributed by atoms with Crippen LogP contribution >= 0.6 is 0 Å². The molecule has 0 aliphatic carbocycles. The van der Waals surface area contributed by atoms with Gasteiger partial charge in [0.15, 0.2) is 0 Å². The Labute approximate surface area is 117 Å². The van der Waals surface area contributed by atoms with Crippen LogP contribution in [0.1, 0.15) is 13.3 Å². The van der Waals surface area contributed by atoms with E-state index in [1.54, 1.807) is 30.5 Å². The van der Waals surface area contributed by atoms with E-state index in [1.165, 1.54) is 0 Å². The SMILES string of the molecule is COC[C@H](C)N1C[C@@H](C(=O)Nc2ncccn2)CC1=O. The zero-order valence-electron chi connectivity index (χ0n) is 11.6. The van der Waals surface area contributed by atoms with Crippen LogP contribution in [-0.4, -0.2) is 53.0 Å². The largest absolute Gasteiger partial charge is 0.383 e. The number of hydrogen-bond acceptors (Lipinski definition) is 5. The molecule has 0 unspecified atom stereocenters. The summed E-state index contributed by atoms with van der Waals surface area (Å²) in [5, 5.41) is 2.62. The second-order valence-electron chi connectivity index (χ2n) is 4.81. The molecule has 0 saturated carbocycles. The maximum absolute atomic E-state index is 12.1. The van der Waals surface area contributed by atoms with Crippen LogP contribution in [0.15, 0.2) is 18.5 Å². The van der Waals surface area contributed by atoms with E-state index in [1.807, 2.05) is 6.92 Å². The van der Waals surface area contributed by atoms with Crippen molar-refractivity contribution in [2.75, 3.05) is 25.6 Å². The highest BCUT2D eigenvalue weighted by molar-refractivity contribution is 5.96. The van der Waals surface area contributed by atoms with Crippen molar-refractivity contribution in [1.82, 2.24) is 14.9 Å². The van der Waals surface area contributed by atoms with Gasteiger partial charge in [-0.2, -0.15) is 0 Å². The van der Waals surface area contributed by atoms with Crippen molar-refractivity contribution < 1.29 is 14.3 Å². The number of aromatic nitrogens is 2. The molecular weight excluding hydrogens is 260 g/mol. The molecule has 0 bridgehead atoms. The molecule has 1 saturated heterocycles. The van der Waals surface area contributed by atoms with Crippen molar-refractivity contribution in [2.45, 2.75) is 19.4 Å². The van der Waals surface area contributed by atoms with Crippen molar-refractivity contribution >= 4 is 17.8 Å². The summed E-state index contributed by atoms with van der Waals surface area (Å²) in [6, 6.07) is 1.64. The maximum atomic E-state index is 12.1. The Bertz CT molecular complexity index is 480. The van der Waals surface area contributed by atoms with Gasteiger partial charge in [0, 0.05) is 32.5 Å². The van der Waals surface area contributed by atoms with E-state index >= 15 is 0 Å². The molecule has 0 spiro atoms. The van der Waals surface area contributed by atoms with Gasteiger partial charge in [-0.15, -0.1) is 0 Å². The minimum Gasteiger partial charge on any atom is -0.383 e. The number of methoxy groups -OCH3 is 1. The van der Waals surface area contributed by atoms with E-state index in [0.29, 0.717) is 13.2 Å². The lowest BCUT2D eigenvalue weighted by molar-refractivity contribution is -0.130. The Morgan fingerprint density at radius 3 is 2.90 bits per heavy atom. The molecule has 0 aromatic carbocycles. The Morgan fingerprint density at radius 2 is 2.25 bits per heavy atom. The second-order valence-corrected chi connectivity index (χ2v) is 4.81. The Morgan fingerprint density at radius 1 is 1.55 bits per heavy atom. The minimum absolute atomic E-state index is 0.0244. The monoisotopic (exact) mass is 278 g/mol. The van der Waals surface area contributed by atoms with Crippen LogP contribution < -0.4 is 5.32 Å². The van der Waals surface area contributed by atoms with Gasteiger partial charge in [0.1, 0.15) is 0 Å². The predicted octanol–water partition coefficient (Wildman–Crippen LogP) is 0.299. The number of nitrogens with one attached hydrogen (secondary N) is 1. The van der Waals surface area contributed by atoms with Gasteiger partial charge >= 0.3 is 0 Å². The van der Waals surface area contributed by atoms with Crippen LogP contribution in [-0.2, 0) is 14.3 Å². The summed E-state index contributed by atoms with van der Waals surface area (Å²) in [7, 11) is 1.59. The summed E-state index contributed by atoms with van der Waals surface area (Å²) in [6.45, 7) is 2.77. The fraction of sp³-hybridized carbons (Fsp3) is 0.538. The zero-order valence-corrected chi connectivity index (χ0v) is 11.6. The first-order valence-electron chi connectivity index (χ1n) is 6.48. The van der Waals surface area contributed by atoms with Crippen LogP contribution in [0.2, 0.25) is 0 Å². The van der Waals surface area contributed by atoms with Crippen LogP contribution in [0.3, 0.4) is 0 Å². The number of carbonyl (C=O) groups is 2. The summed E-state index contributed by atoms with van der Waals surface area (Å²) in [5.74, 6) is -0.362. The van der Waals surface area contributed by atoms with Crippen LogP contribution in [0, 0.1) is 5.92 Å². The van der Waals surface area contributed by atoms with Crippen LogP contribution in [0.5, 0.6) is 0 Å². The molecule has 20 heavy (non-hydrogen) atoms. The van der Waals surface area contributed by atoms with E-state index in [-0.39, 0.29) is 36.1 Å². The van der Waals surface area contributed by atoms with Gasteiger partial charge in [-0.05, 0) is 13.0 Å². The lowest BCUT2D eigenvalue weighted by Crippen LogP contribution is -2.38. The highest BCUT2D eigenvalue weighted by Crippen LogP contribution is 2.21. The smallest absolute Gasteiger partial charge is 0.232 e. The van der Waals surface area contributed by atoms with Crippen LogP contribution in [0.25, 0.3) is 0 Å². The minimum atomic E-state index is -0.370. The first kappa shape index (κ1) is 14.4. The fourth-order valence-electron chi connectivity index (χ4n) is 2.24. The van der Waals surface area contributed by atoms with Gasteiger partial charge in [0.2, 0.25) is 17.8 Å². The molecular formula is C13H18N4O3. The Kier molecular flexibility index (Phi) is 4.62. The third-order valence-corrected chi connectivity index (χ3v) is 3.27. The molecule has 108 valence electrons. The number of anilines is 1. The third-order valence-electron chi connectivity index (χ3n) is 3.27. The third kappa shape index (κ3) is 3.30. The number of hydrogen-bond donors (Lipinski definition) is 1. The van der Waals surface area contributed by atoms with Crippen molar-refractivity contribution in [3.8, 4) is 0 Å². The van der Waals surface area contributed by atoms with Gasteiger partial charge in [0.05, 0.1) is 18.6 Å². The van der Waals surface area contributed by atoms with Crippen molar-refractivity contribution in [3.63, 3.8) is 0 Å². The zero-order chi connectivity index (χ0) is 14.5. The summed E-state index contributed by atoms with van der Waals surface area (Å²) in [5.41, 5.74) is 0. The summed E-state index contributed by atoms with van der Waals surface area (Å²) < 4.78 is 5.04. The standard InChI is InChI=1S/C13H18N4O3/c1-9(8-20-2)17-7-10(6-11(17)18)12(19)16-13-14-4-3-5-15-13/h3-5,9-10H,6-8H2,1-2H3,(H,14,15,16,19)/t9-,10-/m0/s1. The van der Waals surface area contributed by atoms with Gasteiger partial charge < -0.3 is 9.64 Å². The molecule has 1 aliphatic rings. The van der Waals surface area contributed by atoms with Gasteiger partial charge in [-0.25, -0.2) is 9.97 Å².